The van der Waals surface area contributed by atoms with E-state index in [0.29, 0.717) is 6.61 Å². The maximum absolute atomic E-state index is 5.96. The van der Waals surface area contributed by atoms with Crippen molar-refractivity contribution < 1.29 is 18.0 Å². The molecule has 1 saturated heterocycles. The lowest BCUT2D eigenvalue weighted by molar-refractivity contribution is -0.0744. The highest BCUT2D eigenvalue weighted by molar-refractivity contribution is 6.62. The minimum Gasteiger partial charge on any atom is -0.377 e. The average molecular weight is 263 g/mol. The molecule has 0 aromatic rings. The Hall–Kier alpha value is 0.0169. The number of hydrogen-bond acceptors (Lipinski definition) is 5. The zero-order valence-electron chi connectivity index (χ0n) is 11.5. The predicted molar refractivity (Wildman–Crippen MR) is 68.0 cm³/mol. The highest BCUT2D eigenvalue weighted by Gasteiger charge is 2.56. The third kappa shape index (κ3) is 2.89. The van der Waals surface area contributed by atoms with Gasteiger partial charge in [0.2, 0.25) is 0 Å². The summed E-state index contributed by atoms with van der Waals surface area (Å²) in [6.45, 7) is 6.64. The Morgan fingerprint density at radius 3 is 2.24 bits per heavy atom. The van der Waals surface area contributed by atoms with Gasteiger partial charge in [0.1, 0.15) is 0 Å². The fourth-order valence-corrected chi connectivity index (χ4v) is 5.49. The predicted octanol–water partition coefficient (Wildman–Crippen LogP) is 1.02. The van der Waals surface area contributed by atoms with Crippen LogP contribution in [0.3, 0.4) is 0 Å². The van der Waals surface area contributed by atoms with E-state index >= 15 is 0 Å². The van der Waals surface area contributed by atoms with Gasteiger partial charge in [0.25, 0.3) is 0 Å². The molecule has 0 aromatic carbocycles. The van der Waals surface area contributed by atoms with Crippen LogP contribution in [0.5, 0.6) is 0 Å². The molecule has 0 aliphatic carbocycles. The van der Waals surface area contributed by atoms with Crippen LogP contribution in [0.4, 0.5) is 0 Å². The summed E-state index contributed by atoms with van der Waals surface area (Å²) < 4.78 is 22.7. The summed E-state index contributed by atoms with van der Waals surface area (Å²) >= 11 is 0. The van der Waals surface area contributed by atoms with Gasteiger partial charge in [0.05, 0.1) is 17.7 Å². The molecule has 1 heterocycles. The van der Waals surface area contributed by atoms with Gasteiger partial charge in [0, 0.05) is 34.4 Å². The van der Waals surface area contributed by atoms with Gasteiger partial charge >= 0.3 is 8.80 Å². The Morgan fingerprint density at radius 2 is 1.88 bits per heavy atom. The summed E-state index contributed by atoms with van der Waals surface area (Å²) in [6, 6.07) is 0. The van der Waals surface area contributed by atoms with Crippen LogP contribution >= 0.6 is 0 Å². The Bertz CT molecular complexity index is 221. The van der Waals surface area contributed by atoms with E-state index in [2.05, 4.69) is 19.2 Å². The standard InChI is InChI=1S/C11H25NO4Si/c1-6-10(17(13-3,14-4)15-5)11(2)9-12-7-8-16-11/h10,12H,6-9H2,1-5H3. The van der Waals surface area contributed by atoms with Crippen molar-refractivity contribution in [2.75, 3.05) is 41.0 Å². The van der Waals surface area contributed by atoms with Crippen LogP contribution in [0.15, 0.2) is 0 Å². The summed E-state index contributed by atoms with van der Waals surface area (Å²) in [4.78, 5) is 0. The van der Waals surface area contributed by atoms with Crippen LogP contribution in [0.25, 0.3) is 0 Å². The summed E-state index contributed by atoms with van der Waals surface area (Å²) in [6.07, 6.45) is 0.903. The second kappa shape index (κ2) is 6.26. The normalized spacial score (nSPS) is 28.1. The third-order valence-electron chi connectivity index (χ3n) is 3.61. The van der Waals surface area contributed by atoms with E-state index in [1.807, 2.05) is 0 Å². The molecule has 5 nitrogen and oxygen atoms in total. The molecule has 1 rings (SSSR count). The Labute approximate surface area is 105 Å². The molecular weight excluding hydrogens is 238 g/mol. The first kappa shape index (κ1) is 15.1. The molecule has 2 atom stereocenters. The lowest BCUT2D eigenvalue weighted by Gasteiger charge is -2.45. The van der Waals surface area contributed by atoms with E-state index in [-0.39, 0.29) is 11.1 Å². The number of nitrogens with one attached hydrogen (secondary N) is 1. The first-order valence-electron chi connectivity index (χ1n) is 6.08. The molecule has 2 unspecified atom stereocenters. The molecule has 6 heteroatoms. The molecule has 0 bridgehead atoms. The topological polar surface area (TPSA) is 49.0 Å². The fourth-order valence-electron chi connectivity index (χ4n) is 2.70. The second-order valence-electron chi connectivity index (χ2n) is 4.51. The van der Waals surface area contributed by atoms with E-state index in [0.717, 1.165) is 19.5 Å². The molecule has 0 amide bonds. The Balaban J connectivity index is 2.94. The highest BCUT2D eigenvalue weighted by Crippen LogP contribution is 2.40. The first-order valence-corrected chi connectivity index (χ1v) is 7.89. The van der Waals surface area contributed by atoms with Crippen molar-refractivity contribution in [2.24, 2.45) is 0 Å². The summed E-state index contributed by atoms with van der Waals surface area (Å²) in [5.74, 6) is 0. The number of morpholine rings is 1. The van der Waals surface area contributed by atoms with Crippen LogP contribution in [0.1, 0.15) is 20.3 Å². The lowest BCUT2D eigenvalue weighted by Crippen LogP contribution is -2.61. The van der Waals surface area contributed by atoms with Crippen LogP contribution in [0, 0.1) is 0 Å². The van der Waals surface area contributed by atoms with Gasteiger partial charge in [-0.25, -0.2) is 0 Å². The minimum absolute atomic E-state index is 0.128. The molecule has 1 aliphatic heterocycles. The van der Waals surface area contributed by atoms with Crippen molar-refractivity contribution in [3.05, 3.63) is 0 Å². The number of rotatable bonds is 6. The van der Waals surface area contributed by atoms with E-state index in [1.165, 1.54) is 0 Å². The Kier molecular flexibility index (Phi) is 5.55. The monoisotopic (exact) mass is 263 g/mol. The molecule has 102 valence electrons. The quantitative estimate of drug-likeness (QED) is 0.725. The summed E-state index contributed by atoms with van der Waals surface area (Å²) in [5, 5.41) is 3.37. The van der Waals surface area contributed by atoms with Crippen LogP contribution < -0.4 is 5.32 Å². The maximum Gasteiger partial charge on any atom is 0.506 e. The van der Waals surface area contributed by atoms with Crippen molar-refractivity contribution in [3.8, 4) is 0 Å². The van der Waals surface area contributed by atoms with Crippen molar-refractivity contribution in [1.29, 1.82) is 0 Å². The van der Waals surface area contributed by atoms with Gasteiger partial charge in [-0.2, -0.15) is 0 Å². The van der Waals surface area contributed by atoms with E-state index in [9.17, 15) is 0 Å². The van der Waals surface area contributed by atoms with Crippen molar-refractivity contribution in [3.63, 3.8) is 0 Å². The van der Waals surface area contributed by atoms with E-state index in [4.69, 9.17) is 18.0 Å². The molecule has 1 N–H and O–H groups in total. The molecule has 0 saturated carbocycles. The molecule has 1 aliphatic rings. The van der Waals surface area contributed by atoms with Gasteiger partial charge < -0.3 is 23.3 Å². The smallest absolute Gasteiger partial charge is 0.377 e. The number of hydrogen-bond donors (Lipinski definition) is 1. The summed E-state index contributed by atoms with van der Waals surface area (Å²) in [7, 11) is 2.29. The first-order chi connectivity index (χ1) is 8.08. The van der Waals surface area contributed by atoms with Gasteiger partial charge in [-0.1, -0.05) is 6.92 Å². The van der Waals surface area contributed by atoms with E-state index in [1.54, 1.807) is 21.3 Å². The fraction of sp³-hybridized carbons (Fsp3) is 1.00. The van der Waals surface area contributed by atoms with Gasteiger partial charge in [0.15, 0.2) is 0 Å². The minimum atomic E-state index is -2.67. The summed E-state index contributed by atoms with van der Waals surface area (Å²) in [5.41, 5.74) is -0.163. The van der Waals surface area contributed by atoms with Gasteiger partial charge in [-0.3, -0.25) is 0 Å². The van der Waals surface area contributed by atoms with E-state index < -0.39 is 8.80 Å². The largest absolute Gasteiger partial charge is 0.506 e. The second-order valence-corrected chi connectivity index (χ2v) is 7.64. The van der Waals surface area contributed by atoms with Crippen molar-refractivity contribution in [1.82, 2.24) is 5.32 Å². The zero-order chi connectivity index (χ0) is 12.9. The Morgan fingerprint density at radius 1 is 1.29 bits per heavy atom. The maximum atomic E-state index is 5.96. The van der Waals surface area contributed by atoms with Crippen LogP contribution in [-0.2, 0) is 18.0 Å². The molecular formula is C11H25NO4Si. The van der Waals surface area contributed by atoms with Crippen molar-refractivity contribution in [2.45, 2.75) is 31.4 Å². The zero-order valence-corrected chi connectivity index (χ0v) is 12.5. The van der Waals surface area contributed by atoms with Gasteiger partial charge in [-0.05, 0) is 13.3 Å². The number of ether oxygens (including phenoxy) is 1. The molecule has 0 spiro atoms. The molecule has 0 aromatic heterocycles. The van der Waals surface area contributed by atoms with Gasteiger partial charge in [-0.15, -0.1) is 0 Å². The van der Waals surface area contributed by atoms with Crippen LogP contribution in [-0.4, -0.2) is 55.4 Å². The highest BCUT2D eigenvalue weighted by atomic mass is 28.4. The molecule has 17 heavy (non-hydrogen) atoms. The average Bonchev–Trinajstić information content (AvgIpc) is 2.36. The third-order valence-corrected chi connectivity index (χ3v) is 7.19. The molecule has 1 fully saturated rings. The lowest BCUT2D eigenvalue weighted by atomic mass is 9.98. The molecule has 0 radical (unpaired) electrons. The SMILES string of the molecule is CCC(C1(C)CNCCO1)[Si](OC)(OC)OC. The van der Waals surface area contributed by atoms with Crippen molar-refractivity contribution >= 4 is 8.80 Å². The van der Waals surface area contributed by atoms with Crippen LogP contribution in [0.2, 0.25) is 5.54 Å².